The fraction of sp³-hybridized carbons (Fsp3) is 0.375. The lowest BCUT2D eigenvalue weighted by Gasteiger charge is -2.28. The summed E-state index contributed by atoms with van der Waals surface area (Å²) >= 11 is 0. The molecule has 3 rings (SSSR count). The van der Waals surface area contributed by atoms with Gasteiger partial charge in [-0.15, -0.1) is 0 Å². The molecule has 1 fully saturated rings. The van der Waals surface area contributed by atoms with Crippen molar-refractivity contribution in [3.05, 3.63) is 36.2 Å². The third-order valence-corrected chi connectivity index (χ3v) is 3.65. The quantitative estimate of drug-likeness (QED) is 0.932. The Morgan fingerprint density at radius 3 is 2.48 bits per heavy atom. The highest BCUT2D eigenvalue weighted by atomic mass is 16.5. The van der Waals surface area contributed by atoms with Crippen molar-refractivity contribution in [1.29, 1.82) is 0 Å². The first-order valence-corrected chi connectivity index (χ1v) is 7.22. The maximum atomic E-state index is 5.20. The number of nitrogens with one attached hydrogen (secondary N) is 1. The molecule has 0 spiro atoms. The van der Waals surface area contributed by atoms with Crippen LogP contribution in [0.15, 0.2) is 30.3 Å². The highest BCUT2D eigenvalue weighted by Crippen LogP contribution is 2.24. The molecule has 0 radical (unpaired) electrons. The van der Waals surface area contributed by atoms with Gasteiger partial charge in [-0.05, 0) is 31.2 Å². The number of hydrogen-bond donors (Lipinski definition) is 1. The molecule has 21 heavy (non-hydrogen) atoms. The largest absolute Gasteiger partial charge is 0.497 e. The molecular weight excluding hydrogens is 264 g/mol. The standard InChI is InChI=1S/C16H20N4O/c1-12-18-15(13-3-5-14(21-2)6-4-13)11-16(19-12)20-9-7-17-8-10-20/h3-6,11,17H,7-10H2,1-2H3. The summed E-state index contributed by atoms with van der Waals surface area (Å²) in [6.45, 7) is 5.91. The second-order valence-corrected chi connectivity index (χ2v) is 5.12. The topological polar surface area (TPSA) is 50.3 Å². The van der Waals surface area contributed by atoms with E-state index in [1.807, 2.05) is 31.2 Å². The average molecular weight is 284 g/mol. The molecule has 1 N–H and O–H groups in total. The monoisotopic (exact) mass is 284 g/mol. The Morgan fingerprint density at radius 1 is 1.10 bits per heavy atom. The predicted octanol–water partition coefficient (Wildman–Crippen LogP) is 1.87. The average Bonchev–Trinajstić information content (AvgIpc) is 2.55. The van der Waals surface area contributed by atoms with Gasteiger partial charge in [-0.2, -0.15) is 0 Å². The van der Waals surface area contributed by atoms with Gasteiger partial charge in [0.2, 0.25) is 0 Å². The molecule has 5 heteroatoms. The molecule has 0 atom stereocenters. The number of methoxy groups -OCH3 is 1. The minimum Gasteiger partial charge on any atom is -0.497 e. The van der Waals surface area contributed by atoms with Crippen molar-refractivity contribution in [1.82, 2.24) is 15.3 Å². The van der Waals surface area contributed by atoms with Crippen molar-refractivity contribution < 1.29 is 4.74 Å². The van der Waals surface area contributed by atoms with Crippen molar-refractivity contribution >= 4 is 5.82 Å². The fourth-order valence-electron chi connectivity index (χ4n) is 2.52. The van der Waals surface area contributed by atoms with Crippen LogP contribution in [0.25, 0.3) is 11.3 Å². The molecule has 1 saturated heterocycles. The van der Waals surface area contributed by atoms with E-state index in [0.29, 0.717) is 0 Å². The molecule has 0 unspecified atom stereocenters. The van der Waals surface area contributed by atoms with Crippen LogP contribution in [0.5, 0.6) is 5.75 Å². The van der Waals surface area contributed by atoms with Gasteiger partial charge in [0.25, 0.3) is 0 Å². The van der Waals surface area contributed by atoms with Crippen molar-refractivity contribution in [2.75, 3.05) is 38.2 Å². The van der Waals surface area contributed by atoms with Crippen LogP contribution in [0.2, 0.25) is 0 Å². The predicted molar refractivity (Wildman–Crippen MR) is 83.8 cm³/mol. The highest BCUT2D eigenvalue weighted by Gasteiger charge is 2.14. The minimum atomic E-state index is 0.803. The van der Waals surface area contributed by atoms with Crippen LogP contribution >= 0.6 is 0 Å². The molecule has 1 aromatic heterocycles. The third-order valence-electron chi connectivity index (χ3n) is 3.65. The summed E-state index contributed by atoms with van der Waals surface area (Å²) in [5.74, 6) is 2.67. The van der Waals surface area contributed by atoms with Crippen LogP contribution in [-0.2, 0) is 0 Å². The van der Waals surface area contributed by atoms with Crippen LogP contribution in [0, 0.1) is 6.92 Å². The van der Waals surface area contributed by atoms with E-state index in [-0.39, 0.29) is 0 Å². The van der Waals surface area contributed by atoms with Gasteiger partial charge < -0.3 is 15.0 Å². The third kappa shape index (κ3) is 3.13. The number of aromatic nitrogens is 2. The number of benzene rings is 1. The summed E-state index contributed by atoms with van der Waals surface area (Å²) in [5, 5.41) is 3.36. The number of anilines is 1. The van der Waals surface area contributed by atoms with Gasteiger partial charge in [-0.3, -0.25) is 0 Å². The van der Waals surface area contributed by atoms with Gasteiger partial charge in [0, 0.05) is 37.8 Å². The van der Waals surface area contributed by atoms with Crippen LogP contribution in [0.4, 0.5) is 5.82 Å². The molecule has 0 amide bonds. The lowest BCUT2D eigenvalue weighted by atomic mass is 10.1. The van der Waals surface area contributed by atoms with Gasteiger partial charge in [0.15, 0.2) is 0 Å². The molecule has 2 heterocycles. The first kappa shape index (κ1) is 13.8. The Kier molecular flexibility index (Phi) is 4.01. The van der Waals surface area contributed by atoms with E-state index in [1.165, 1.54) is 0 Å². The Morgan fingerprint density at radius 2 is 1.81 bits per heavy atom. The van der Waals surface area contributed by atoms with E-state index >= 15 is 0 Å². The van der Waals surface area contributed by atoms with E-state index in [9.17, 15) is 0 Å². The van der Waals surface area contributed by atoms with Crippen molar-refractivity contribution in [2.24, 2.45) is 0 Å². The van der Waals surface area contributed by atoms with Gasteiger partial charge in [0.05, 0.1) is 12.8 Å². The second kappa shape index (κ2) is 6.10. The molecular formula is C16H20N4O. The van der Waals surface area contributed by atoms with E-state index in [1.54, 1.807) is 7.11 Å². The summed E-state index contributed by atoms with van der Waals surface area (Å²) in [6, 6.07) is 10.0. The summed E-state index contributed by atoms with van der Waals surface area (Å²) in [4.78, 5) is 11.4. The Labute approximate surface area is 125 Å². The number of piperazine rings is 1. The molecule has 1 aromatic carbocycles. The minimum absolute atomic E-state index is 0.803. The SMILES string of the molecule is COc1ccc(-c2cc(N3CCNCC3)nc(C)n2)cc1. The summed E-state index contributed by atoms with van der Waals surface area (Å²) in [5.41, 5.74) is 2.04. The summed E-state index contributed by atoms with van der Waals surface area (Å²) in [6.07, 6.45) is 0. The van der Waals surface area contributed by atoms with E-state index < -0.39 is 0 Å². The zero-order valence-corrected chi connectivity index (χ0v) is 12.5. The maximum Gasteiger partial charge on any atom is 0.132 e. The number of aryl methyl sites for hydroxylation is 1. The molecule has 0 aliphatic carbocycles. The molecule has 110 valence electrons. The number of hydrogen-bond acceptors (Lipinski definition) is 5. The normalized spacial score (nSPS) is 15.0. The smallest absolute Gasteiger partial charge is 0.132 e. The van der Waals surface area contributed by atoms with Crippen LogP contribution < -0.4 is 15.0 Å². The Bertz CT molecular complexity index is 606. The van der Waals surface area contributed by atoms with Crippen LogP contribution in [-0.4, -0.2) is 43.3 Å². The van der Waals surface area contributed by atoms with Crippen LogP contribution in [0.3, 0.4) is 0 Å². The molecule has 1 aliphatic rings. The van der Waals surface area contributed by atoms with Crippen molar-refractivity contribution in [2.45, 2.75) is 6.92 Å². The first-order valence-electron chi connectivity index (χ1n) is 7.22. The van der Waals surface area contributed by atoms with Gasteiger partial charge in [0.1, 0.15) is 17.4 Å². The Hall–Kier alpha value is -2.14. The van der Waals surface area contributed by atoms with Crippen molar-refractivity contribution in [3.63, 3.8) is 0 Å². The second-order valence-electron chi connectivity index (χ2n) is 5.12. The van der Waals surface area contributed by atoms with Gasteiger partial charge in [-0.25, -0.2) is 9.97 Å². The molecule has 1 aliphatic heterocycles. The molecule has 5 nitrogen and oxygen atoms in total. The fourth-order valence-corrected chi connectivity index (χ4v) is 2.52. The highest BCUT2D eigenvalue weighted by molar-refractivity contribution is 5.63. The summed E-state index contributed by atoms with van der Waals surface area (Å²) < 4.78 is 5.20. The zero-order chi connectivity index (χ0) is 14.7. The Balaban J connectivity index is 1.92. The number of nitrogens with zero attached hydrogens (tertiary/aromatic N) is 3. The molecule has 0 saturated carbocycles. The van der Waals surface area contributed by atoms with E-state index in [0.717, 1.165) is 54.8 Å². The van der Waals surface area contributed by atoms with Gasteiger partial charge >= 0.3 is 0 Å². The molecule has 0 bridgehead atoms. The number of ether oxygens (including phenoxy) is 1. The maximum absolute atomic E-state index is 5.20. The lowest BCUT2D eigenvalue weighted by molar-refractivity contribution is 0.415. The first-order chi connectivity index (χ1) is 10.3. The van der Waals surface area contributed by atoms with Crippen LogP contribution in [0.1, 0.15) is 5.82 Å². The van der Waals surface area contributed by atoms with E-state index in [4.69, 9.17) is 4.74 Å². The zero-order valence-electron chi connectivity index (χ0n) is 12.5. The molecule has 2 aromatic rings. The van der Waals surface area contributed by atoms with Gasteiger partial charge in [-0.1, -0.05) is 0 Å². The number of rotatable bonds is 3. The van der Waals surface area contributed by atoms with Crippen molar-refractivity contribution in [3.8, 4) is 17.0 Å². The summed E-state index contributed by atoms with van der Waals surface area (Å²) in [7, 11) is 1.67. The lowest BCUT2D eigenvalue weighted by Crippen LogP contribution is -2.44. The van der Waals surface area contributed by atoms with E-state index in [2.05, 4.69) is 26.3 Å².